The van der Waals surface area contributed by atoms with Gasteiger partial charge in [-0.15, -0.1) is 5.10 Å². The molecule has 0 saturated carbocycles. The summed E-state index contributed by atoms with van der Waals surface area (Å²) in [6.45, 7) is 2.08. The fourth-order valence-corrected chi connectivity index (χ4v) is 2.22. The maximum atomic E-state index is 4.37. The zero-order chi connectivity index (χ0) is 13.9. The number of para-hydroxylation sites is 2. The summed E-state index contributed by atoms with van der Waals surface area (Å²) in [7, 11) is 1.99. The molecule has 3 rings (SSSR count). The van der Waals surface area contributed by atoms with Crippen molar-refractivity contribution in [3.63, 3.8) is 0 Å². The maximum absolute atomic E-state index is 4.37. The third-order valence-electron chi connectivity index (χ3n) is 3.19. The first kappa shape index (κ1) is 12.4. The van der Waals surface area contributed by atoms with Gasteiger partial charge in [0.15, 0.2) is 0 Å². The monoisotopic (exact) mass is 268 g/mol. The number of hydrogen-bond donors (Lipinski definition) is 1. The van der Waals surface area contributed by atoms with Crippen LogP contribution in [0.15, 0.2) is 49.1 Å². The molecule has 1 N–H and O–H groups in total. The maximum Gasteiger partial charge on any atom is 0.130 e. The second kappa shape index (κ2) is 5.16. The van der Waals surface area contributed by atoms with E-state index in [1.54, 1.807) is 17.1 Å². The molecule has 0 spiro atoms. The molecule has 3 aromatic rings. The Bertz CT molecular complexity index is 685. The number of rotatable bonds is 4. The fourth-order valence-electron chi connectivity index (χ4n) is 2.22. The lowest BCUT2D eigenvalue weighted by molar-refractivity contribution is 0.719. The minimum atomic E-state index is 0.0969. The van der Waals surface area contributed by atoms with E-state index in [1.807, 2.05) is 48.3 Å². The van der Waals surface area contributed by atoms with Crippen LogP contribution in [0.4, 0.5) is 5.69 Å². The van der Waals surface area contributed by atoms with Crippen LogP contribution in [0.5, 0.6) is 0 Å². The standard InChI is InChI=1S/C14H16N6/c1-11(14-15-7-9-19(14)2)17-12-5-3-4-6-13(12)20-10-8-16-18-20/h3-11,17H,1-2H3. The summed E-state index contributed by atoms with van der Waals surface area (Å²) in [5.74, 6) is 0.985. The van der Waals surface area contributed by atoms with Crippen LogP contribution in [-0.2, 0) is 7.05 Å². The summed E-state index contributed by atoms with van der Waals surface area (Å²) in [6, 6.07) is 8.10. The van der Waals surface area contributed by atoms with Crippen molar-refractivity contribution < 1.29 is 0 Å². The zero-order valence-corrected chi connectivity index (χ0v) is 11.4. The van der Waals surface area contributed by atoms with E-state index in [2.05, 4.69) is 27.5 Å². The van der Waals surface area contributed by atoms with E-state index in [9.17, 15) is 0 Å². The number of hydrogen-bond acceptors (Lipinski definition) is 4. The van der Waals surface area contributed by atoms with Gasteiger partial charge >= 0.3 is 0 Å². The van der Waals surface area contributed by atoms with Gasteiger partial charge in [0.2, 0.25) is 0 Å². The summed E-state index contributed by atoms with van der Waals surface area (Å²) in [4.78, 5) is 4.37. The lowest BCUT2D eigenvalue weighted by atomic mass is 10.2. The first-order valence-corrected chi connectivity index (χ1v) is 6.45. The van der Waals surface area contributed by atoms with Crippen LogP contribution >= 0.6 is 0 Å². The fraction of sp³-hybridized carbons (Fsp3) is 0.214. The van der Waals surface area contributed by atoms with Crippen LogP contribution in [0, 0.1) is 0 Å². The molecular weight excluding hydrogens is 252 g/mol. The lowest BCUT2D eigenvalue weighted by Crippen LogP contribution is -2.13. The highest BCUT2D eigenvalue weighted by Crippen LogP contribution is 2.23. The number of nitrogens with one attached hydrogen (secondary N) is 1. The molecule has 1 aromatic carbocycles. The minimum Gasteiger partial charge on any atom is -0.374 e. The van der Waals surface area contributed by atoms with E-state index < -0.39 is 0 Å². The van der Waals surface area contributed by atoms with Crippen LogP contribution in [0.25, 0.3) is 5.69 Å². The van der Waals surface area contributed by atoms with Crippen LogP contribution in [0.3, 0.4) is 0 Å². The average Bonchev–Trinajstić information content (AvgIpc) is 3.10. The van der Waals surface area contributed by atoms with Gasteiger partial charge in [0, 0.05) is 19.4 Å². The first-order chi connectivity index (χ1) is 9.75. The molecule has 2 heterocycles. The Kier molecular flexibility index (Phi) is 3.20. The Morgan fingerprint density at radius 1 is 1.15 bits per heavy atom. The highest BCUT2D eigenvalue weighted by atomic mass is 15.4. The van der Waals surface area contributed by atoms with Crippen LogP contribution in [0.1, 0.15) is 18.8 Å². The lowest BCUT2D eigenvalue weighted by Gasteiger charge is -2.17. The van der Waals surface area contributed by atoms with Gasteiger partial charge in [-0.1, -0.05) is 17.3 Å². The summed E-state index contributed by atoms with van der Waals surface area (Å²) in [5.41, 5.74) is 1.96. The minimum absolute atomic E-state index is 0.0969. The summed E-state index contributed by atoms with van der Waals surface area (Å²) < 4.78 is 3.75. The van der Waals surface area contributed by atoms with Crippen molar-refractivity contribution >= 4 is 5.69 Å². The van der Waals surface area contributed by atoms with Crippen LogP contribution < -0.4 is 5.32 Å². The summed E-state index contributed by atoms with van der Waals surface area (Å²) >= 11 is 0. The Morgan fingerprint density at radius 3 is 2.70 bits per heavy atom. The highest BCUT2D eigenvalue weighted by molar-refractivity contribution is 5.61. The van der Waals surface area contributed by atoms with Gasteiger partial charge in [0.1, 0.15) is 5.82 Å². The molecule has 0 saturated heterocycles. The van der Waals surface area contributed by atoms with Gasteiger partial charge in [-0.2, -0.15) is 0 Å². The molecule has 6 heteroatoms. The molecule has 0 bridgehead atoms. The average molecular weight is 268 g/mol. The van der Waals surface area contributed by atoms with Crippen LogP contribution in [0.2, 0.25) is 0 Å². The molecule has 0 aliphatic carbocycles. The number of nitrogens with zero attached hydrogens (tertiary/aromatic N) is 5. The number of imidazole rings is 1. The van der Waals surface area contributed by atoms with Crippen molar-refractivity contribution in [1.29, 1.82) is 0 Å². The van der Waals surface area contributed by atoms with E-state index in [0.717, 1.165) is 17.2 Å². The first-order valence-electron chi connectivity index (χ1n) is 6.45. The summed E-state index contributed by atoms with van der Waals surface area (Å²) in [5, 5.41) is 11.4. The zero-order valence-electron chi connectivity index (χ0n) is 11.4. The summed E-state index contributed by atoms with van der Waals surface area (Å²) in [6.07, 6.45) is 7.23. The topological polar surface area (TPSA) is 60.6 Å². The molecule has 0 fully saturated rings. The molecule has 2 aromatic heterocycles. The molecule has 0 aliphatic rings. The molecule has 102 valence electrons. The second-order valence-electron chi connectivity index (χ2n) is 4.63. The predicted molar refractivity (Wildman–Crippen MR) is 76.6 cm³/mol. The van der Waals surface area contributed by atoms with Gasteiger partial charge in [0.25, 0.3) is 0 Å². The number of aryl methyl sites for hydroxylation is 1. The second-order valence-corrected chi connectivity index (χ2v) is 4.63. The van der Waals surface area contributed by atoms with Crippen molar-refractivity contribution in [1.82, 2.24) is 24.5 Å². The van der Waals surface area contributed by atoms with Gasteiger partial charge < -0.3 is 9.88 Å². The van der Waals surface area contributed by atoms with E-state index in [0.29, 0.717) is 0 Å². The number of benzene rings is 1. The van der Waals surface area contributed by atoms with E-state index >= 15 is 0 Å². The molecule has 0 aliphatic heterocycles. The van der Waals surface area contributed by atoms with Gasteiger partial charge in [-0.05, 0) is 19.1 Å². The Hall–Kier alpha value is -2.63. The SMILES string of the molecule is CC(Nc1ccccc1-n1ccnn1)c1nccn1C. The van der Waals surface area contributed by atoms with Crippen molar-refractivity contribution in [3.8, 4) is 5.69 Å². The van der Waals surface area contributed by atoms with Crippen molar-refractivity contribution in [2.24, 2.45) is 7.05 Å². The van der Waals surface area contributed by atoms with Crippen molar-refractivity contribution in [2.75, 3.05) is 5.32 Å². The molecule has 1 atom stereocenters. The quantitative estimate of drug-likeness (QED) is 0.787. The number of anilines is 1. The predicted octanol–water partition coefficient (Wildman–Crippen LogP) is 2.17. The van der Waals surface area contributed by atoms with E-state index in [1.165, 1.54) is 0 Å². The molecule has 6 nitrogen and oxygen atoms in total. The molecule has 20 heavy (non-hydrogen) atoms. The van der Waals surface area contributed by atoms with Crippen molar-refractivity contribution in [2.45, 2.75) is 13.0 Å². The van der Waals surface area contributed by atoms with Crippen molar-refractivity contribution in [3.05, 3.63) is 54.9 Å². The largest absolute Gasteiger partial charge is 0.374 e. The molecular formula is C14H16N6. The molecule has 1 unspecified atom stereocenters. The Balaban J connectivity index is 1.90. The van der Waals surface area contributed by atoms with E-state index in [4.69, 9.17) is 0 Å². The van der Waals surface area contributed by atoms with E-state index in [-0.39, 0.29) is 6.04 Å². The van der Waals surface area contributed by atoms with Gasteiger partial charge in [-0.25, -0.2) is 9.67 Å². The third-order valence-corrected chi connectivity index (χ3v) is 3.19. The normalized spacial score (nSPS) is 12.3. The van der Waals surface area contributed by atoms with Gasteiger partial charge in [0.05, 0.1) is 29.8 Å². The Morgan fingerprint density at radius 2 is 2.00 bits per heavy atom. The van der Waals surface area contributed by atoms with Gasteiger partial charge in [-0.3, -0.25) is 0 Å². The van der Waals surface area contributed by atoms with Crippen LogP contribution in [-0.4, -0.2) is 24.5 Å². The Labute approximate surface area is 117 Å². The molecule has 0 amide bonds. The highest BCUT2D eigenvalue weighted by Gasteiger charge is 2.12. The third kappa shape index (κ3) is 2.27. The number of aromatic nitrogens is 5. The molecule has 0 radical (unpaired) electrons. The smallest absolute Gasteiger partial charge is 0.130 e.